The van der Waals surface area contributed by atoms with Crippen LogP contribution in [-0.2, 0) is 13.6 Å². The number of benzene rings is 1. The molecule has 0 aliphatic heterocycles. The lowest BCUT2D eigenvalue weighted by molar-refractivity contribution is 0.825. The zero-order chi connectivity index (χ0) is 11.7. The zero-order valence-electron chi connectivity index (χ0n) is 8.74. The molecule has 2 aromatic rings. The molecule has 0 atom stereocenters. The predicted octanol–water partition coefficient (Wildman–Crippen LogP) is 2.96. The molecule has 0 saturated heterocycles. The Morgan fingerprint density at radius 1 is 1.44 bits per heavy atom. The minimum atomic E-state index is 0.439. The molecule has 84 valence electrons. The van der Waals surface area contributed by atoms with Gasteiger partial charge in [0.2, 0.25) is 0 Å². The van der Waals surface area contributed by atoms with Gasteiger partial charge in [-0.15, -0.1) is 0 Å². The molecule has 5 heteroatoms. The van der Waals surface area contributed by atoms with E-state index >= 15 is 0 Å². The lowest BCUT2D eigenvalue weighted by Crippen LogP contribution is -2.04. The molecule has 0 aliphatic carbocycles. The second-order valence-corrected chi connectivity index (χ2v) is 4.57. The molecule has 1 aromatic heterocycles. The van der Waals surface area contributed by atoms with Gasteiger partial charge in [-0.05, 0) is 28.1 Å². The predicted molar refractivity (Wildman–Crippen MR) is 69.2 cm³/mol. The van der Waals surface area contributed by atoms with E-state index in [0.29, 0.717) is 11.6 Å². The Bertz CT molecular complexity index is 522. The minimum absolute atomic E-state index is 0.439. The molecule has 3 nitrogen and oxygen atoms in total. The third kappa shape index (κ3) is 1.88. The van der Waals surface area contributed by atoms with Gasteiger partial charge in [-0.2, -0.15) is 0 Å². The highest BCUT2D eigenvalue weighted by atomic mass is 79.9. The smallest absolute Gasteiger partial charge is 0.142 e. The Labute approximate surface area is 107 Å². The van der Waals surface area contributed by atoms with Crippen LogP contribution in [0.4, 0.5) is 0 Å². The van der Waals surface area contributed by atoms with Crippen molar-refractivity contribution in [3.05, 3.63) is 39.6 Å². The van der Waals surface area contributed by atoms with Crippen molar-refractivity contribution in [2.75, 3.05) is 0 Å². The summed E-state index contributed by atoms with van der Waals surface area (Å²) in [6.07, 6.45) is 0. The number of aromatic nitrogens is 2. The Balaban J connectivity index is 2.62. The van der Waals surface area contributed by atoms with Crippen molar-refractivity contribution in [2.45, 2.75) is 6.54 Å². The van der Waals surface area contributed by atoms with E-state index < -0.39 is 0 Å². The van der Waals surface area contributed by atoms with Crippen LogP contribution in [0.2, 0.25) is 5.02 Å². The van der Waals surface area contributed by atoms with Crippen LogP contribution in [0, 0.1) is 0 Å². The molecule has 0 saturated carbocycles. The second-order valence-electron chi connectivity index (χ2n) is 3.42. The summed E-state index contributed by atoms with van der Waals surface area (Å²) in [5.74, 6) is 0.818. The van der Waals surface area contributed by atoms with Crippen molar-refractivity contribution < 1.29 is 0 Å². The summed E-state index contributed by atoms with van der Waals surface area (Å²) in [5, 5.41) is 0.687. The first-order valence-electron chi connectivity index (χ1n) is 4.81. The molecule has 0 spiro atoms. The molecule has 1 aromatic carbocycles. The number of hydrogen-bond acceptors (Lipinski definition) is 2. The molecule has 0 unspecified atom stereocenters. The topological polar surface area (TPSA) is 43.8 Å². The third-order valence-corrected chi connectivity index (χ3v) is 3.44. The molecule has 16 heavy (non-hydrogen) atoms. The fourth-order valence-electron chi connectivity index (χ4n) is 1.60. The van der Waals surface area contributed by atoms with Gasteiger partial charge in [0.05, 0.1) is 10.7 Å². The van der Waals surface area contributed by atoms with Crippen LogP contribution in [0.5, 0.6) is 0 Å². The first-order valence-corrected chi connectivity index (χ1v) is 5.98. The van der Waals surface area contributed by atoms with Gasteiger partial charge in [0.25, 0.3) is 0 Å². The number of rotatable bonds is 2. The largest absolute Gasteiger partial charge is 0.329 e. The highest BCUT2D eigenvalue weighted by molar-refractivity contribution is 9.10. The second kappa shape index (κ2) is 4.57. The standard InChI is InChI=1S/C11H11BrClN3/c1-16-9(6-14)10(12)15-11(16)7-4-2-3-5-8(7)13/h2-5H,6,14H2,1H3. The number of imidazole rings is 1. The van der Waals surface area contributed by atoms with Crippen LogP contribution >= 0.6 is 27.5 Å². The fourth-order valence-corrected chi connectivity index (χ4v) is 2.42. The Kier molecular flexibility index (Phi) is 3.33. The van der Waals surface area contributed by atoms with Crippen LogP contribution in [-0.4, -0.2) is 9.55 Å². The SMILES string of the molecule is Cn1c(-c2ccccc2Cl)nc(Br)c1CN. The summed E-state index contributed by atoms with van der Waals surface area (Å²) < 4.78 is 2.72. The van der Waals surface area contributed by atoms with Crippen molar-refractivity contribution in [3.8, 4) is 11.4 Å². The van der Waals surface area contributed by atoms with Gasteiger partial charge in [0.15, 0.2) is 0 Å². The van der Waals surface area contributed by atoms with Crippen molar-refractivity contribution >= 4 is 27.5 Å². The number of nitrogens with two attached hydrogens (primary N) is 1. The molecule has 1 heterocycles. The zero-order valence-corrected chi connectivity index (χ0v) is 11.1. The van der Waals surface area contributed by atoms with Crippen LogP contribution in [0.1, 0.15) is 5.69 Å². The minimum Gasteiger partial charge on any atom is -0.329 e. The van der Waals surface area contributed by atoms with E-state index in [-0.39, 0.29) is 0 Å². The van der Waals surface area contributed by atoms with E-state index in [1.807, 2.05) is 35.9 Å². The summed E-state index contributed by atoms with van der Waals surface area (Å²) in [5.41, 5.74) is 7.52. The fraction of sp³-hybridized carbons (Fsp3) is 0.182. The Hall–Kier alpha value is -0.840. The van der Waals surface area contributed by atoms with Gasteiger partial charge in [0.1, 0.15) is 10.4 Å². The first-order chi connectivity index (χ1) is 7.65. The highest BCUT2D eigenvalue weighted by Crippen LogP contribution is 2.29. The third-order valence-electron chi connectivity index (χ3n) is 2.47. The Morgan fingerprint density at radius 3 is 2.69 bits per heavy atom. The van der Waals surface area contributed by atoms with Crippen molar-refractivity contribution in [2.24, 2.45) is 12.8 Å². The van der Waals surface area contributed by atoms with E-state index in [2.05, 4.69) is 20.9 Å². The molecule has 0 amide bonds. The molecule has 0 bridgehead atoms. The van der Waals surface area contributed by atoms with Gasteiger partial charge in [-0.25, -0.2) is 4.98 Å². The molecule has 2 rings (SSSR count). The van der Waals surface area contributed by atoms with Crippen LogP contribution in [0.15, 0.2) is 28.9 Å². The van der Waals surface area contributed by atoms with E-state index in [1.54, 1.807) is 0 Å². The molecular weight excluding hydrogens is 289 g/mol. The number of hydrogen-bond donors (Lipinski definition) is 1. The van der Waals surface area contributed by atoms with E-state index in [1.165, 1.54) is 0 Å². The number of nitrogens with zero attached hydrogens (tertiary/aromatic N) is 2. The highest BCUT2D eigenvalue weighted by Gasteiger charge is 2.14. The van der Waals surface area contributed by atoms with Gasteiger partial charge in [-0.3, -0.25) is 0 Å². The van der Waals surface area contributed by atoms with Gasteiger partial charge >= 0.3 is 0 Å². The van der Waals surface area contributed by atoms with Crippen molar-refractivity contribution in [3.63, 3.8) is 0 Å². The van der Waals surface area contributed by atoms with Crippen LogP contribution < -0.4 is 5.73 Å². The molecule has 0 fully saturated rings. The normalized spacial score (nSPS) is 10.8. The molecule has 0 aliphatic rings. The van der Waals surface area contributed by atoms with Gasteiger partial charge in [0, 0.05) is 19.2 Å². The Morgan fingerprint density at radius 2 is 2.12 bits per heavy atom. The van der Waals surface area contributed by atoms with E-state index in [4.69, 9.17) is 17.3 Å². The summed E-state index contributed by atoms with van der Waals surface area (Å²) in [4.78, 5) is 4.43. The average molecular weight is 301 g/mol. The quantitative estimate of drug-likeness (QED) is 0.926. The van der Waals surface area contributed by atoms with Gasteiger partial charge in [-0.1, -0.05) is 23.7 Å². The average Bonchev–Trinajstić information content (AvgIpc) is 2.55. The van der Waals surface area contributed by atoms with E-state index in [0.717, 1.165) is 21.7 Å². The summed E-state index contributed by atoms with van der Waals surface area (Å²) in [6, 6.07) is 7.62. The van der Waals surface area contributed by atoms with Crippen LogP contribution in [0.3, 0.4) is 0 Å². The van der Waals surface area contributed by atoms with Crippen LogP contribution in [0.25, 0.3) is 11.4 Å². The molecular formula is C11H11BrClN3. The first kappa shape index (κ1) is 11.6. The van der Waals surface area contributed by atoms with Crippen molar-refractivity contribution in [1.29, 1.82) is 0 Å². The maximum Gasteiger partial charge on any atom is 0.142 e. The van der Waals surface area contributed by atoms with Gasteiger partial charge < -0.3 is 10.3 Å². The maximum atomic E-state index is 6.14. The monoisotopic (exact) mass is 299 g/mol. The lowest BCUT2D eigenvalue weighted by atomic mass is 10.2. The summed E-state index contributed by atoms with van der Waals surface area (Å²) in [7, 11) is 1.93. The molecule has 0 radical (unpaired) electrons. The summed E-state index contributed by atoms with van der Waals surface area (Å²) >= 11 is 9.53. The summed E-state index contributed by atoms with van der Waals surface area (Å²) in [6.45, 7) is 0.439. The maximum absolute atomic E-state index is 6.14. The number of halogens is 2. The lowest BCUT2D eigenvalue weighted by Gasteiger charge is -2.05. The molecule has 2 N–H and O–H groups in total. The van der Waals surface area contributed by atoms with Crippen molar-refractivity contribution in [1.82, 2.24) is 9.55 Å². The van der Waals surface area contributed by atoms with E-state index in [9.17, 15) is 0 Å².